The fourth-order valence-corrected chi connectivity index (χ4v) is 3.49. The van der Waals surface area contributed by atoms with Crippen molar-refractivity contribution in [3.63, 3.8) is 0 Å². The van der Waals surface area contributed by atoms with Gasteiger partial charge >= 0.3 is 5.97 Å². The summed E-state index contributed by atoms with van der Waals surface area (Å²) in [5.41, 5.74) is 0.597. The molecule has 0 amide bonds. The summed E-state index contributed by atoms with van der Waals surface area (Å²) in [7, 11) is -3.75. The number of benzene rings is 1. The molecule has 1 saturated carbocycles. The van der Waals surface area contributed by atoms with E-state index in [0.717, 1.165) is 0 Å². The van der Waals surface area contributed by atoms with Crippen LogP contribution in [0.25, 0.3) is 0 Å². The fraction of sp³-hybridized carbons (Fsp3) is 0.462. The molecule has 1 aliphatic rings. The van der Waals surface area contributed by atoms with Gasteiger partial charge in [0.15, 0.2) is 0 Å². The van der Waals surface area contributed by atoms with Crippen molar-refractivity contribution in [2.45, 2.75) is 43.2 Å². The first-order valence-corrected chi connectivity index (χ1v) is 7.88. The average molecular weight is 299 g/mol. The van der Waals surface area contributed by atoms with Crippen molar-refractivity contribution in [3.8, 4) is 0 Å². The lowest BCUT2D eigenvalue weighted by molar-refractivity contribution is 0.0694. The quantitative estimate of drug-likeness (QED) is 0.744. The van der Waals surface area contributed by atoms with Crippen LogP contribution in [0.4, 0.5) is 0 Å². The molecule has 1 aromatic carbocycles. The second kappa shape index (κ2) is 5.51. The Morgan fingerprint density at radius 3 is 2.55 bits per heavy atom. The van der Waals surface area contributed by atoms with E-state index >= 15 is 0 Å². The molecule has 3 N–H and O–H groups in total. The zero-order valence-electron chi connectivity index (χ0n) is 11.0. The highest BCUT2D eigenvalue weighted by Crippen LogP contribution is 2.23. The Kier molecular flexibility index (Phi) is 4.12. The number of sulfonamides is 1. The van der Waals surface area contributed by atoms with E-state index in [9.17, 15) is 13.2 Å². The third-order valence-electron chi connectivity index (χ3n) is 3.44. The number of aliphatic hydroxyl groups is 1. The Bertz CT molecular complexity index is 620. The maximum absolute atomic E-state index is 12.1. The van der Waals surface area contributed by atoms with Gasteiger partial charge in [-0.25, -0.2) is 17.9 Å². The Balaban J connectivity index is 2.27. The van der Waals surface area contributed by atoms with Crippen LogP contribution in [0.2, 0.25) is 0 Å². The van der Waals surface area contributed by atoms with Crippen molar-refractivity contribution in [2.75, 3.05) is 0 Å². The highest BCUT2D eigenvalue weighted by atomic mass is 32.2. The second-order valence-electron chi connectivity index (χ2n) is 4.92. The number of aliphatic hydroxyl groups excluding tert-OH is 1. The van der Waals surface area contributed by atoms with Crippen LogP contribution in [-0.4, -0.2) is 36.7 Å². The SMILES string of the molecule is CCc1ccc(S(=O)(=O)NC2CC(O)C2)cc1C(=O)O. The Morgan fingerprint density at radius 2 is 2.05 bits per heavy atom. The van der Waals surface area contributed by atoms with Gasteiger partial charge in [0.2, 0.25) is 10.0 Å². The molecule has 0 radical (unpaired) electrons. The van der Waals surface area contributed by atoms with Gasteiger partial charge in [0, 0.05) is 6.04 Å². The lowest BCUT2D eigenvalue weighted by atomic mass is 9.91. The standard InChI is InChI=1S/C13H17NO5S/c1-2-8-3-4-11(7-12(8)13(16)17)20(18,19)14-9-5-10(15)6-9/h3-4,7,9-10,14-15H,2,5-6H2,1H3,(H,16,17). The third kappa shape index (κ3) is 3.00. The number of aromatic carboxylic acids is 1. The first-order chi connectivity index (χ1) is 9.33. The normalized spacial score (nSPS) is 22.3. The second-order valence-corrected chi connectivity index (χ2v) is 6.64. The first-order valence-electron chi connectivity index (χ1n) is 6.40. The molecule has 7 heteroatoms. The minimum Gasteiger partial charge on any atom is -0.478 e. The zero-order valence-corrected chi connectivity index (χ0v) is 11.9. The van der Waals surface area contributed by atoms with Crippen molar-refractivity contribution in [3.05, 3.63) is 29.3 Å². The van der Waals surface area contributed by atoms with Crippen LogP contribution < -0.4 is 4.72 Å². The van der Waals surface area contributed by atoms with Crippen LogP contribution in [0.5, 0.6) is 0 Å². The van der Waals surface area contributed by atoms with Gasteiger partial charge in [-0.2, -0.15) is 0 Å². The average Bonchev–Trinajstić information content (AvgIpc) is 2.35. The Hall–Kier alpha value is -1.44. The molecule has 0 aliphatic heterocycles. The van der Waals surface area contributed by atoms with E-state index in [1.54, 1.807) is 0 Å². The molecule has 0 bridgehead atoms. The highest BCUT2D eigenvalue weighted by Gasteiger charge is 2.31. The number of hydrogen-bond donors (Lipinski definition) is 3. The number of carboxylic acids is 1. The van der Waals surface area contributed by atoms with Gasteiger partial charge in [-0.1, -0.05) is 13.0 Å². The molecule has 6 nitrogen and oxygen atoms in total. The van der Waals surface area contributed by atoms with Gasteiger partial charge in [0.1, 0.15) is 0 Å². The number of carboxylic acid groups (broad SMARTS) is 1. The van der Waals surface area contributed by atoms with Gasteiger partial charge in [0.05, 0.1) is 16.6 Å². The van der Waals surface area contributed by atoms with Crippen LogP contribution in [0, 0.1) is 0 Å². The molecule has 1 aromatic rings. The molecule has 0 aromatic heterocycles. The molecular weight excluding hydrogens is 282 g/mol. The van der Waals surface area contributed by atoms with E-state index in [-0.39, 0.29) is 16.5 Å². The number of hydrogen-bond acceptors (Lipinski definition) is 4. The van der Waals surface area contributed by atoms with E-state index in [1.807, 2.05) is 6.92 Å². The van der Waals surface area contributed by atoms with Crippen LogP contribution >= 0.6 is 0 Å². The lowest BCUT2D eigenvalue weighted by Gasteiger charge is -2.31. The summed E-state index contributed by atoms with van der Waals surface area (Å²) in [6.07, 6.45) is 0.833. The molecule has 1 fully saturated rings. The van der Waals surface area contributed by atoms with Crippen molar-refractivity contribution < 1.29 is 23.4 Å². The molecule has 0 spiro atoms. The third-order valence-corrected chi connectivity index (χ3v) is 4.96. The molecular formula is C13H17NO5S. The van der Waals surface area contributed by atoms with Gasteiger partial charge in [0.25, 0.3) is 0 Å². The van der Waals surface area contributed by atoms with Crippen molar-refractivity contribution in [1.82, 2.24) is 4.72 Å². The van der Waals surface area contributed by atoms with Crippen LogP contribution in [0.3, 0.4) is 0 Å². The topological polar surface area (TPSA) is 104 Å². The van der Waals surface area contributed by atoms with E-state index in [0.29, 0.717) is 24.8 Å². The van der Waals surface area contributed by atoms with Crippen molar-refractivity contribution >= 4 is 16.0 Å². The van der Waals surface area contributed by atoms with E-state index in [4.69, 9.17) is 10.2 Å². The molecule has 2 rings (SSSR count). The van der Waals surface area contributed by atoms with Crippen LogP contribution in [0.15, 0.2) is 23.1 Å². The van der Waals surface area contributed by atoms with Gasteiger partial charge < -0.3 is 10.2 Å². The highest BCUT2D eigenvalue weighted by molar-refractivity contribution is 7.89. The summed E-state index contributed by atoms with van der Waals surface area (Å²) in [5.74, 6) is -1.14. The summed E-state index contributed by atoms with van der Waals surface area (Å²) < 4.78 is 26.7. The summed E-state index contributed by atoms with van der Waals surface area (Å²) in [5, 5.41) is 18.3. The summed E-state index contributed by atoms with van der Waals surface area (Å²) in [4.78, 5) is 11.1. The molecule has 110 valence electrons. The zero-order chi connectivity index (χ0) is 14.9. The molecule has 0 saturated heterocycles. The summed E-state index contributed by atoms with van der Waals surface area (Å²) in [6, 6.07) is 3.82. The minimum absolute atomic E-state index is 0.00372. The van der Waals surface area contributed by atoms with E-state index in [1.165, 1.54) is 18.2 Å². The van der Waals surface area contributed by atoms with Crippen molar-refractivity contribution in [1.29, 1.82) is 0 Å². The van der Waals surface area contributed by atoms with Crippen molar-refractivity contribution in [2.24, 2.45) is 0 Å². The molecule has 1 aliphatic carbocycles. The predicted molar refractivity (Wildman–Crippen MR) is 72.1 cm³/mol. The Labute approximate surface area is 117 Å². The Morgan fingerprint density at radius 1 is 1.40 bits per heavy atom. The van der Waals surface area contributed by atoms with Crippen LogP contribution in [0.1, 0.15) is 35.7 Å². The number of nitrogens with one attached hydrogen (secondary N) is 1. The molecule has 0 heterocycles. The van der Waals surface area contributed by atoms with E-state index in [2.05, 4.69) is 4.72 Å². The molecule has 0 atom stereocenters. The maximum atomic E-state index is 12.1. The van der Waals surface area contributed by atoms with E-state index < -0.39 is 22.1 Å². The largest absolute Gasteiger partial charge is 0.478 e. The number of aryl methyl sites for hydroxylation is 1. The predicted octanol–water partition coefficient (Wildman–Crippen LogP) is 0.749. The van der Waals surface area contributed by atoms with Gasteiger partial charge in [-0.15, -0.1) is 0 Å². The fourth-order valence-electron chi connectivity index (χ4n) is 2.20. The van der Waals surface area contributed by atoms with Crippen LogP contribution in [-0.2, 0) is 16.4 Å². The summed E-state index contributed by atoms with van der Waals surface area (Å²) >= 11 is 0. The number of rotatable bonds is 5. The van der Waals surface area contributed by atoms with Gasteiger partial charge in [-0.3, -0.25) is 0 Å². The number of carbonyl (C=O) groups is 1. The lowest BCUT2D eigenvalue weighted by Crippen LogP contribution is -2.46. The smallest absolute Gasteiger partial charge is 0.336 e. The molecule has 0 unspecified atom stereocenters. The maximum Gasteiger partial charge on any atom is 0.336 e. The minimum atomic E-state index is -3.75. The monoisotopic (exact) mass is 299 g/mol. The van der Waals surface area contributed by atoms with Gasteiger partial charge in [-0.05, 0) is 37.0 Å². The first kappa shape index (κ1) is 15.0. The summed E-state index contributed by atoms with van der Waals surface area (Å²) in [6.45, 7) is 1.81. The molecule has 20 heavy (non-hydrogen) atoms.